The molecular formula is C52H74N3O20S3+. The number of nitrogens with zero attached hydrogens (tertiary/aromatic N) is 3. The molecule has 0 spiro atoms. The predicted octanol–water partition coefficient (Wildman–Crippen LogP) is 4.70. The van der Waals surface area contributed by atoms with Crippen molar-refractivity contribution >= 4 is 48.1 Å². The third kappa shape index (κ3) is 19.8. The van der Waals surface area contributed by atoms with Gasteiger partial charge in [-0.2, -0.15) is 25.3 Å². The minimum atomic E-state index is -4.70. The summed E-state index contributed by atoms with van der Waals surface area (Å²) in [5, 5.41) is 20.7. The first-order valence-electron chi connectivity index (χ1n) is 25.3. The van der Waals surface area contributed by atoms with Crippen molar-refractivity contribution < 1.29 is 91.6 Å². The number of aromatic hydroxyl groups is 2. The molecule has 1 unspecified atom stereocenters. The number of rotatable bonds is 34. The largest absolute Gasteiger partial charge is 0.492 e. The summed E-state index contributed by atoms with van der Waals surface area (Å²) in [4.78, 5) is 19.5. The fourth-order valence-corrected chi connectivity index (χ4v) is 10.3. The van der Waals surface area contributed by atoms with Gasteiger partial charge in [0.2, 0.25) is 17.1 Å². The number of anilines is 1. The van der Waals surface area contributed by atoms with E-state index in [-0.39, 0.29) is 51.8 Å². The topological polar surface area (TPSA) is 310 Å². The maximum absolute atomic E-state index is 13.0. The van der Waals surface area contributed by atoms with Crippen molar-refractivity contribution in [1.82, 2.24) is 9.31 Å². The maximum atomic E-state index is 13.0. The van der Waals surface area contributed by atoms with Crippen LogP contribution >= 0.6 is 0 Å². The summed E-state index contributed by atoms with van der Waals surface area (Å²) in [7, 11) is -11.7. The molecule has 3 heterocycles. The number of aromatic nitrogens is 1. The number of allylic oxidation sites excluding steroid dienone is 3. The van der Waals surface area contributed by atoms with Crippen molar-refractivity contribution in [2.24, 2.45) is 0 Å². The van der Waals surface area contributed by atoms with Gasteiger partial charge in [0.1, 0.15) is 24.7 Å². The van der Waals surface area contributed by atoms with Gasteiger partial charge in [-0.05, 0) is 85.2 Å². The highest BCUT2D eigenvalue weighted by atomic mass is 32.2. The quantitative estimate of drug-likeness (QED) is 0.0240. The smallest absolute Gasteiger partial charge is 0.333 e. The minimum absolute atomic E-state index is 0.0404. The van der Waals surface area contributed by atoms with E-state index in [4.69, 9.17) is 37.7 Å². The number of benzene rings is 2. The van der Waals surface area contributed by atoms with E-state index in [0.717, 1.165) is 23.3 Å². The second-order valence-electron chi connectivity index (χ2n) is 19.5. The number of fused-ring (bicyclic) bond motifs is 2. The molecular weight excluding hydrogens is 1080 g/mol. The summed E-state index contributed by atoms with van der Waals surface area (Å²) in [6.07, 6.45) is 5.32. The van der Waals surface area contributed by atoms with Gasteiger partial charge in [0.15, 0.2) is 6.54 Å². The van der Waals surface area contributed by atoms with Gasteiger partial charge in [0.25, 0.3) is 30.4 Å². The zero-order chi connectivity index (χ0) is 57.2. The molecule has 1 aromatic heterocycles. The first-order valence-corrected chi connectivity index (χ1v) is 30.0. The Morgan fingerprint density at radius 1 is 0.718 bits per heavy atom. The normalized spacial score (nSPS) is 16.2. The molecule has 1 aromatic carbocycles. The first-order chi connectivity index (χ1) is 36.8. The molecule has 0 bridgehead atoms. The van der Waals surface area contributed by atoms with E-state index in [1.165, 1.54) is 18.2 Å². The van der Waals surface area contributed by atoms with Gasteiger partial charge < -0.3 is 52.8 Å². The van der Waals surface area contributed by atoms with Crippen LogP contribution in [0.4, 0.5) is 5.69 Å². The van der Waals surface area contributed by atoms with Crippen molar-refractivity contribution in [1.29, 1.82) is 0 Å². The molecule has 0 saturated carbocycles. The van der Waals surface area contributed by atoms with E-state index in [9.17, 15) is 53.9 Å². The Labute approximate surface area is 456 Å². The summed E-state index contributed by atoms with van der Waals surface area (Å²) in [6.45, 7) is 13.0. The van der Waals surface area contributed by atoms with Gasteiger partial charge >= 0.3 is 5.97 Å². The summed E-state index contributed by atoms with van der Waals surface area (Å²) in [6, 6.07) is 13.9. The molecule has 2 aromatic rings. The first kappa shape index (κ1) is 63.6. The maximum Gasteiger partial charge on any atom is 0.333 e. The Morgan fingerprint density at radius 2 is 1.29 bits per heavy atom. The average molecular weight is 1160 g/mol. The summed E-state index contributed by atoms with van der Waals surface area (Å²) in [5.41, 5.74) is 1.70. The Balaban J connectivity index is 1.41. The summed E-state index contributed by atoms with van der Waals surface area (Å²) < 4.78 is 143. The Bertz CT molecular complexity index is 3030. The molecule has 434 valence electrons. The van der Waals surface area contributed by atoms with Crippen LogP contribution in [0.2, 0.25) is 0 Å². The molecule has 2 aliphatic heterocycles. The fraction of sp³-hybridized carbons (Fsp3) is 0.538. The Hall–Kier alpha value is -5.23. The lowest BCUT2D eigenvalue weighted by Crippen LogP contribution is -2.35. The van der Waals surface area contributed by atoms with E-state index in [2.05, 4.69) is 0 Å². The highest BCUT2D eigenvalue weighted by molar-refractivity contribution is 7.86. The van der Waals surface area contributed by atoms with Crippen LogP contribution in [0.25, 0.3) is 17.4 Å². The SMILES string of the molecule is COCCOCCOCCOCCOCCOCC[N+](CCCS(=O)(=O)O)=c1ccc2c(C(C)(C)C)cc(C=CC=C3N(CCCS(=O)(=O)O)c4ccc(S(=O)(=O)O)cc4C3(C)CCCC(=O)On3c(O)ccc3O)oc-2c1. The molecule has 23 nitrogen and oxygen atoms in total. The number of carbonyl (C=O) groups excluding carboxylic acids is 1. The van der Waals surface area contributed by atoms with Crippen molar-refractivity contribution in [3.63, 3.8) is 0 Å². The Morgan fingerprint density at radius 3 is 1.86 bits per heavy atom. The second kappa shape index (κ2) is 29.3. The van der Waals surface area contributed by atoms with Crippen LogP contribution in [0.1, 0.15) is 76.7 Å². The van der Waals surface area contributed by atoms with Crippen LogP contribution in [-0.2, 0) is 74.4 Å². The molecule has 0 fully saturated rings. The molecule has 0 saturated heterocycles. The molecule has 5 N–H and O–H groups in total. The average Bonchev–Trinajstić information content (AvgIpc) is 3.87. The number of ether oxygens (including phenoxy) is 6. The van der Waals surface area contributed by atoms with Gasteiger partial charge in [-0.1, -0.05) is 26.8 Å². The van der Waals surface area contributed by atoms with Gasteiger partial charge in [-0.15, -0.1) is 4.73 Å². The van der Waals surface area contributed by atoms with E-state index >= 15 is 0 Å². The Kier molecular flexibility index (Phi) is 23.9. The van der Waals surface area contributed by atoms with Crippen molar-refractivity contribution in [2.75, 3.05) is 116 Å². The molecule has 5 rings (SSSR count). The van der Waals surface area contributed by atoms with Crippen molar-refractivity contribution in [2.45, 2.75) is 75.5 Å². The number of hydrogen-bond donors (Lipinski definition) is 5. The standard InChI is InChI=1S/C52H73N3O20S3/c1-51(2,3)43-37-40(74-46-36-39(13-15-42(43)46)53(20-8-34-76(59,60)61)22-23-69-26-27-71-30-31-73-33-32-72-29-28-70-25-24-68-5)10-6-11-47-52(4,19-7-12-50(58)75-55-48(56)17-18-49(55)57)44-38-41(78(65,66)67)14-16-45(44)54(47)21-9-35-77(62,63)64/h6,10-11,13-18,36-38H,7-9,12,19-35H2,1-5H3,(H4-,56,57,59,60,61,62,63,64,65,66,67)/p+1. The number of hydrogen-bond acceptors (Lipinski definition) is 18. The van der Waals surface area contributed by atoms with Crippen LogP contribution in [-0.4, -0.2) is 171 Å². The zero-order valence-electron chi connectivity index (χ0n) is 44.7. The van der Waals surface area contributed by atoms with Crippen LogP contribution in [0.15, 0.2) is 81.8 Å². The second-order valence-corrected chi connectivity index (χ2v) is 24.1. The monoisotopic (exact) mass is 1160 g/mol. The van der Waals surface area contributed by atoms with Crippen LogP contribution in [0, 0.1) is 0 Å². The summed E-state index contributed by atoms with van der Waals surface area (Å²) in [5.74, 6) is -1.94. The minimum Gasteiger partial charge on any atom is -0.492 e. The molecule has 1 aliphatic carbocycles. The lowest BCUT2D eigenvalue weighted by Gasteiger charge is -2.30. The van der Waals surface area contributed by atoms with Crippen LogP contribution in [0.3, 0.4) is 0 Å². The van der Waals surface area contributed by atoms with Gasteiger partial charge in [0.05, 0.1) is 88.5 Å². The molecule has 26 heteroatoms. The van der Waals surface area contributed by atoms with Gasteiger partial charge in [-0.25, -0.2) is 9.37 Å². The third-order valence-electron chi connectivity index (χ3n) is 12.6. The number of carbonyl (C=O) groups is 1. The van der Waals surface area contributed by atoms with E-state index in [1.807, 2.05) is 49.6 Å². The lowest BCUT2D eigenvalue weighted by atomic mass is 9.77. The predicted molar refractivity (Wildman–Crippen MR) is 288 cm³/mol. The highest BCUT2D eigenvalue weighted by Gasteiger charge is 2.44. The zero-order valence-corrected chi connectivity index (χ0v) is 47.2. The van der Waals surface area contributed by atoms with Gasteiger partial charge in [0, 0.05) is 67.1 Å². The lowest BCUT2D eigenvalue weighted by molar-refractivity contribution is -0.145. The van der Waals surface area contributed by atoms with E-state index in [1.54, 1.807) is 37.2 Å². The van der Waals surface area contributed by atoms with Crippen LogP contribution < -0.4 is 19.7 Å². The molecule has 0 amide bonds. The van der Waals surface area contributed by atoms with E-state index < -0.39 is 75.3 Å². The highest BCUT2D eigenvalue weighted by Crippen LogP contribution is 2.51. The molecule has 3 aliphatic rings. The van der Waals surface area contributed by atoms with Crippen LogP contribution in [0.5, 0.6) is 11.8 Å². The molecule has 0 radical (unpaired) electrons. The van der Waals surface area contributed by atoms with Crippen molar-refractivity contribution in [3.8, 4) is 23.1 Å². The molecule has 1 atom stereocenters. The summed E-state index contributed by atoms with van der Waals surface area (Å²) >= 11 is 0. The third-order valence-corrected chi connectivity index (χ3v) is 15.0. The van der Waals surface area contributed by atoms with Crippen molar-refractivity contribution in [3.05, 3.63) is 94.7 Å². The van der Waals surface area contributed by atoms with E-state index in [0.29, 0.717) is 111 Å². The number of methoxy groups -OCH3 is 1. The fourth-order valence-electron chi connectivity index (χ4n) is 8.76. The molecule has 78 heavy (non-hydrogen) atoms. The van der Waals surface area contributed by atoms with Gasteiger partial charge in [-0.3, -0.25) is 13.7 Å².